The van der Waals surface area contributed by atoms with Gasteiger partial charge in [0.05, 0.1) is 9.58 Å². The molecule has 0 saturated heterocycles. The van der Waals surface area contributed by atoms with E-state index in [0.717, 1.165) is 4.88 Å². The molecule has 1 amide bonds. The van der Waals surface area contributed by atoms with Gasteiger partial charge >= 0.3 is 0 Å². The second kappa shape index (κ2) is 5.93. The third-order valence-electron chi connectivity index (χ3n) is 2.98. The molecule has 3 nitrogen and oxygen atoms in total. The van der Waals surface area contributed by atoms with E-state index in [4.69, 9.17) is 5.73 Å². The number of fused-ring (bicyclic) bond motifs is 3. The summed E-state index contributed by atoms with van der Waals surface area (Å²) in [5.41, 5.74) is 5.49. The lowest BCUT2D eigenvalue weighted by atomic mass is 10.1. The molecule has 3 rings (SSSR count). The van der Waals surface area contributed by atoms with Crippen LogP contribution in [0.15, 0.2) is 30.3 Å². The fourth-order valence-electron chi connectivity index (χ4n) is 2.01. The molecule has 0 radical (unpaired) electrons. The summed E-state index contributed by atoms with van der Waals surface area (Å²) in [7, 11) is 0. The molecule has 1 aromatic carbocycles. The highest BCUT2D eigenvalue weighted by molar-refractivity contribution is 7.33. The van der Waals surface area contributed by atoms with Crippen LogP contribution in [0.1, 0.15) is 23.5 Å². The fourth-order valence-corrected chi connectivity index (χ4v) is 4.45. The molecule has 0 unspecified atom stereocenters. The Balaban J connectivity index is 0.00000161. The molecule has 3 aromatic rings. The molecule has 0 aliphatic carbocycles. The Hall–Kier alpha value is -1.14. The first-order valence-electron chi connectivity index (χ1n) is 6.42. The molecule has 0 aliphatic rings. The number of nitrogens with one attached hydrogen (secondary N) is 1. The number of hydrogen-bond acceptors (Lipinski definition) is 4. The number of amides is 1. The van der Waals surface area contributed by atoms with Gasteiger partial charge in [0.1, 0.15) is 0 Å². The maximum Gasteiger partial charge on any atom is 0.261 e. The van der Waals surface area contributed by atoms with E-state index in [1.165, 1.54) is 19.5 Å². The van der Waals surface area contributed by atoms with Crippen molar-refractivity contribution in [3.63, 3.8) is 0 Å². The first kappa shape index (κ1) is 16.2. The summed E-state index contributed by atoms with van der Waals surface area (Å²) in [5, 5.41) is 4.12. The van der Waals surface area contributed by atoms with Crippen LogP contribution in [-0.4, -0.2) is 18.0 Å². The summed E-state index contributed by atoms with van der Waals surface area (Å²) in [4.78, 5) is 12.9. The summed E-state index contributed by atoms with van der Waals surface area (Å²) >= 11 is 3.28. The maximum atomic E-state index is 12.1. The normalized spacial score (nSPS) is 11.6. The summed E-state index contributed by atoms with van der Waals surface area (Å²) in [6, 6.07) is 10.3. The average Bonchev–Trinajstić information content (AvgIpc) is 2.92. The van der Waals surface area contributed by atoms with Crippen LogP contribution in [0.5, 0.6) is 0 Å². The molecule has 0 spiro atoms. The Morgan fingerprint density at radius 2 is 1.95 bits per heavy atom. The van der Waals surface area contributed by atoms with Crippen molar-refractivity contribution in [1.29, 1.82) is 0 Å². The number of thiophene rings is 2. The SMILES string of the molecule is CC(C)(N)CNC(=O)c1cc2sc3ccccc3c2s1.Cl. The average molecular weight is 341 g/mol. The van der Waals surface area contributed by atoms with Gasteiger partial charge in [-0.15, -0.1) is 35.1 Å². The van der Waals surface area contributed by atoms with E-state index in [9.17, 15) is 4.79 Å². The lowest BCUT2D eigenvalue weighted by molar-refractivity contribution is 0.0950. The first-order valence-corrected chi connectivity index (χ1v) is 8.05. The molecule has 2 heterocycles. The van der Waals surface area contributed by atoms with Crippen molar-refractivity contribution in [2.75, 3.05) is 6.54 Å². The van der Waals surface area contributed by atoms with Crippen LogP contribution >= 0.6 is 35.1 Å². The molecule has 2 aromatic heterocycles. The zero-order valence-corrected chi connectivity index (χ0v) is 14.3. The van der Waals surface area contributed by atoms with E-state index in [1.807, 2.05) is 32.0 Å². The van der Waals surface area contributed by atoms with Gasteiger partial charge in [-0.1, -0.05) is 18.2 Å². The summed E-state index contributed by atoms with van der Waals surface area (Å²) in [6.45, 7) is 4.26. The van der Waals surface area contributed by atoms with Crippen molar-refractivity contribution in [3.8, 4) is 0 Å². The van der Waals surface area contributed by atoms with Crippen molar-refractivity contribution in [3.05, 3.63) is 35.2 Å². The lowest BCUT2D eigenvalue weighted by Crippen LogP contribution is -2.44. The van der Waals surface area contributed by atoms with Crippen LogP contribution in [0.2, 0.25) is 0 Å². The van der Waals surface area contributed by atoms with Crippen LogP contribution in [0.25, 0.3) is 19.5 Å². The second-order valence-electron chi connectivity index (χ2n) is 5.57. The van der Waals surface area contributed by atoms with E-state index in [2.05, 4.69) is 17.4 Å². The van der Waals surface area contributed by atoms with Crippen LogP contribution < -0.4 is 11.1 Å². The minimum absolute atomic E-state index is 0. The quantitative estimate of drug-likeness (QED) is 0.757. The van der Waals surface area contributed by atoms with Crippen molar-refractivity contribution >= 4 is 60.5 Å². The Morgan fingerprint density at radius 1 is 1.24 bits per heavy atom. The van der Waals surface area contributed by atoms with Crippen molar-refractivity contribution in [1.82, 2.24) is 5.32 Å². The number of carbonyl (C=O) groups is 1. The Bertz CT molecular complexity index is 786. The molecule has 0 bridgehead atoms. The van der Waals surface area contributed by atoms with Gasteiger partial charge in [0.25, 0.3) is 5.91 Å². The maximum absolute atomic E-state index is 12.1. The molecular formula is C15H17ClN2OS2. The Labute approximate surface area is 137 Å². The summed E-state index contributed by atoms with van der Waals surface area (Å²) in [5.74, 6) is -0.0407. The van der Waals surface area contributed by atoms with Crippen LogP contribution in [0.4, 0.5) is 0 Å². The van der Waals surface area contributed by atoms with Gasteiger partial charge in [-0.2, -0.15) is 0 Å². The zero-order chi connectivity index (χ0) is 14.3. The first-order chi connectivity index (χ1) is 9.44. The number of nitrogens with two attached hydrogens (primary N) is 1. The largest absolute Gasteiger partial charge is 0.350 e. The third-order valence-corrected chi connectivity index (χ3v) is 5.39. The van der Waals surface area contributed by atoms with E-state index in [-0.39, 0.29) is 18.3 Å². The molecule has 112 valence electrons. The highest BCUT2D eigenvalue weighted by Gasteiger charge is 2.16. The van der Waals surface area contributed by atoms with Gasteiger partial charge in [-0.3, -0.25) is 4.79 Å². The smallest absolute Gasteiger partial charge is 0.261 e. The monoisotopic (exact) mass is 340 g/mol. The molecule has 0 aliphatic heterocycles. The van der Waals surface area contributed by atoms with Gasteiger partial charge in [-0.25, -0.2) is 0 Å². The minimum atomic E-state index is -0.392. The van der Waals surface area contributed by atoms with E-state index < -0.39 is 5.54 Å². The van der Waals surface area contributed by atoms with Gasteiger partial charge in [-0.05, 0) is 26.0 Å². The molecule has 0 fully saturated rings. The van der Waals surface area contributed by atoms with Gasteiger partial charge < -0.3 is 11.1 Å². The molecule has 6 heteroatoms. The lowest BCUT2D eigenvalue weighted by Gasteiger charge is -2.18. The van der Waals surface area contributed by atoms with Crippen molar-refractivity contribution < 1.29 is 4.79 Å². The predicted molar refractivity (Wildman–Crippen MR) is 95.1 cm³/mol. The highest BCUT2D eigenvalue weighted by Crippen LogP contribution is 2.39. The van der Waals surface area contributed by atoms with Crippen LogP contribution in [-0.2, 0) is 0 Å². The van der Waals surface area contributed by atoms with Gasteiger partial charge in [0.2, 0.25) is 0 Å². The summed E-state index contributed by atoms with van der Waals surface area (Å²) < 4.78 is 3.64. The van der Waals surface area contributed by atoms with Crippen molar-refractivity contribution in [2.24, 2.45) is 5.73 Å². The van der Waals surface area contributed by atoms with Crippen LogP contribution in [0.3, 0.4) is 0 Å². The molecule has 21 heavy (non-hydrogen) atoms. The van der Waals surface area contributed by atoms with E-state index in [0.29, 0.717) is 6.54 Å². The number of halogens is 1. The minimum Gasteiger partial charge on any atom is -0.350 e. The standard InChI is InChI=1S/C15H16N2OS2.ClH/c1-15(2,16)8-17-14(18)12-7-11-13(20-12)9-5-3-4-6-10(9)19-11;/h3-7H,8,16H2,1-2H3,(H,17,18);1H. The number of carbonyl (C=O) groups excluding carboxylic acids is 1. The van der Waals surface area contributed by atoms with E-state index in [1.54, 1.807) is 22.7 Å². The molecular weight excluding hydrogens is 324 g/mol. The van der Waals surface area contributed by atoms with Crippen LogP contribution in [0, 0.1) is 0 Å². The molecule has 0 atom stereocenters. The predicted octanol–water partition coefficient (Wildman–Crippen LogP) is 4.00. The number of rotatable bonds is 3. The number of benzene rings is 1. The Kier molecular flexibility index (Phi) is 4.58. The zero-order valence-electron chi connectivity index (χ0n) is 11.8. The third kappa shape index (κ3) is 3.37. The van der Waals surface area contributed by atoms with Gasteiger partial charge in [0.15, 0.2) is 0 Å². The second-order valence-corrected chi connectivity index (χ2v) is 7.71. The topological polar surface area (TPSA) is 55.1 Å². The molecule has 3 N–H and O–H groups in total. The summed E-state index contributed by atoms with van der Waals surface area (Å²) in [6.07, 6.45) is 0. The molecule has 0 saturated carbocycles. The van der Waals surface area contributed by atoms with Crippen molar-refractivity contribution in [2.45, 2.75) is 19.4 Å². The Morgan fingerprint density at radius 3 is 2.67 bits per heavy atom. The fraction of sp³-hybridized carbons (Fsp3) is 0.267. The highest BCUT2D eigenvalue weighted by atomic mass is 35.5. The number of hydrogen-bond donors (Lipinski definition) is 2. The van der Waals surface area contributed by atoms with E-state index >= 15 is 0 Å². The van der Waals surface area contributed by atoms with Gasteiger partial charge in [0, 0.05) is 26.9 Å².